The van der Waals surface area contributed by atoms with Crippen molar-refractivity contribution in [2.45, 2.75) is 13.3 Å². The molecule has 1 fully saturated rings. The summed E-state index contributed by atoms with van der Waals surface area (Å²) >= 11 is 6.63. The zero-order valence-electron chi connectivity index (χ0n) is 12.8. The molecule has 0 radical (unpaired) electrons. The standard InChI is InChI=1S/C15H18N4O2S2/c1-2-13(20)17-14(22)18-15-16-11-4-3-10(9-12(11)23-15)19-5-7-21-8-6-19/h3-4,9H,2,5-8H2,1H3,(H2,16,17,18,20,22). The minimum Gasteiger partial charge on any atom is -0.378 e. The van der Waals surface area contributed by atoms with Crippen LogP contribution in [-0.4, -0.2) is 42.3 Å². The molecule has 1 aliphatic rings. The molecule has 122 valence electrons. The van der Waals surface area contributed by atoms with E-state index in [9.17, 15) is 4.79 Å². The first kappa shape index (κ1) is 16.1. The van der Waals surface area contributed by atoms with Crippen LogP contribution in [0.15, 0.2) is 18.2 Å². The second-order valence-electron chi connectivity index (χ2n) is 5.13. The molecule has 8 heteroatoms. The minimum absolute atomic E-state index is 0.113. The lowest BCUT2D eigenvalue weighted by atomic mass is 10.2. The highest BCUT2D eigenvalue weighted by Gasteiger charge is 2.13. The second-order valence-corrected chi connectivity index (χ2v) is 6.57. The van der Waals surface area contributed by atoms with Crippen LogP contribution < -0.4 is 15.5 Å². The van der Waals surface area contributed by atoms with E-state index in [0.717, 1.165) is 36.5 Å². The van der Waals surface area contributed by atoms with Gasteiger partial charge in [-0.1, -0.05) is 18.3 Å². The maximum atomic E-state index is 11.3. The summed E-state index contributed by atoms with van der Waals surface area (Å²) in [5.74, 6) is -0.113. The quantitative estimate of drug-likeness (QED) is 0.829. The average molecular weight is 350 g/mol. The highest BCUT2D eigenvalue weighted by Crippen LogP contribution is 2.30. The zero-order valence-corrected chi connectivity index (χ0v) is 14.4. The number of hydrogen-bond acceptors (Lipinski definition) is 6. The molecule has 1 aliphatic heterocycles. The predicted octanol–water partition coefficient (Wildman–Crippen LogP) is 2.36. The van der Waals surface area contributed by atoms with Gasteiger partial charge in [-0.05, 0) is 30.4 Å². The van der Waals surface area contributed by atoms with Crippen LogP contribution in [0.1, 0.15) is 13.3 Å². The number of ether oxygens (including phenoxy) is 1. The van der Waals surface area contributed by atoms with E-state index in [0.29, 0.717) is 11.6 Å². The predicted molar refractivity (Wildman–Crippen MR) is 97.3 cm³/mol. The fourth-order valence-electron chi connectivity index (χ4n) is 2.33. The summed E-state index contributed by atoms with van der Waals surface area (Å²) in [4.78, 5) is 18.1. The van der Waals surface area contributed by atoms with Crippen LogP contribution in [-0.2, 0) is 9.53 Å². The Bertz CT molecular complexity index is 725. The first-order valence-electron chi connectivity index (χ1n) is 7.50. The number of fused-ring (bicyclic) bond motifs is 1. The van der Waals surface area contributed by atoms with Crippen LogP contribution in [0.2, 0.25) is 0 Å². The number of rotatable bonds is 3. The Balaban J connectivity index is 1.73. The topological polar surface area (TPSA) is 66.5 Å². The maximum absolute atomic E-state index is 11.3. The van der Waals surface area contributed by atoms with Gasteiger partial charge in [0.25, 0.3) is 0 Å². The van der Waals surface area contributed by atoms with Crippen molar-refractivity contribution in [3.8, 4) is 0 Å². The highest BCUT2D eigenvalue weighted by atomic mass is 32.1. The van der Waals surface area contributed by atoms with Gasteiger partial charge in [0.05, 0.1) is 23.4 Å². The molecule has 1 amide bonds. The third-order valence-electron chi connectivity index (χ3n) is 3.54. The monoisotopic (exact) mass is 350 g/mol. The average Bonchev–Trinajstić information content (AvgIpc) is 2.96. The van der Waals surface area contributed by atoms with Crippen molar-refractivity contribution < 1.29 is 9.53 Å². The van der Waals surface area contributed by atoms with Gasteiger partial charge in [-0.15, -0.1) is 0 Å². The van der Waals surface area contributed by atoms with Crippen LogP contribution in [0.3, 0.4) is 0 Å². The van der Waals surface area contributed by atoms with Gasteiger partial charge in [-0.25, -0.2) is 4.98 Å². The summed E-state index contributed by atoms with van der Waals surface area (Å²) in [5.41, 5.74) is 2.09. The Morgan fingerprint density at radius 3 is 2.96 bits per heavy atom. The molecular formula is C15H18N4O2S2. The molecule has 0 bridgehead atoms. The van der Waals surface area contributed by atoms with Gasteiger partial charge in [-0.2, -0.15) is 0 Å². The number of benzene rings is 1. The van der Waals surface area contributed by atoms with Crippen LogP contribution >= 0.6 is 23.6 Å². The van der Waals surface area contributed by atoms with E-state index < -0.39 is 0 Å². The summed E-state index contributed by atoms with van der Waals surface area (Å²) in [6.07, 6.45) is 0.393. The number of nitrogens with one attached hydrogen (secondary N) is 2. The van der Waals surface area contributed by atoms with E-state index in [1.807, 2.05) is 6.07 Å². The summed E-state index contributed by atoms with van der Waals surface area (Å²) in [7, 11) is 0. The van der Waals surface area contributed by atoms with Crippen LogP contribution in [0, 0.1) is 0 Å². The number of thiocarbonyl (C=S) groups is 1. The summed E-state index contributed by atoms with van der Waals surface area (Å²) in [6.45, 7) is 5.12. The molecule has 1 saturated heterocycles. The number of aromatic nitrogens is 1. The number of nitrogens with zero attached hydrogens (tertiary/aromatic N) is 2. The van der Waals surface area contributed by atoms with Crippen molar-refractivity contribution >= 4 is 55.6 Å². The van der Waals surface area contributed by atoms with Gasteiger partial charge in [-0.3, -0.25) is 4.79 Å². The minimum atomic E-state index is -0.113. The number of carbonyl (C=O) groups excluding carboxylic acids is 1. The van der Waals surface area contributed by atoms with Crippen molar-refractivity contribution in [2.24, 2.45) is 0 Å². The summed E-state index contributed by atoms with van der Waals surface area (Å²) < 4.78 is 6.47. The Morgan fingerprint density at radius 1 is 1.43 bits per heavy atom. The normalized spacial score (nSPS) is 14.7. The number of thiazole rings is 1. The molecule has 0 atom stereocenters. The highest BCUT2D eigenvalue weighted by molar-refractivity contribution is 7.80. The molecule has 1 aromatic heterocycles. The van der Waals surface area contributed by atoms with Gasteiger partial charge in [0, 0.05) is 25.2 Å². The lowest BCUT2D eigenvalue weighted by molar-refractivity contribution is -0.119. The molecule has 0 aliphatic carbocycles. The van der Waals surface area contributed by atoms with Gasteiger partial charge >= 0.3 is 0 Å². The molecule has 23 heavy (non-hydrogen) atoms. The van der Waals surface area contributed by atoms with E-state index in [4.69, 9.17) is 17.0 Å². The molecule has 6 nitrogen and oxygen atoms in total. The van der Waals surface area contributed by atoms with Crippen LogP contribution in [0.25, 0.3) is 10.2 Å². The number of morpholine rings is 1. The van der Waals surface area contributed by atoms with Crippen molar-refractivity contribution in [1.82, 2.24) is 10.3 Å². The van der Waals surface area contributed by atoms with Gasteiger partial charge in [0.15, 0.2) is 10.2 Å². The zero-order chi connectivity index (χ0) is 16.2. The Morgan fingerprint density at radius 2 is 2.22 bits per heavy atom. The fraction of sp³-hybridized carbons (Fsp3) is 0.400. The van der Waals surface area contributed by atoms with Crippen molar-refractivity contribution in [1.29, 1.82) is 0 Å². The van der Waals surface area contributed by atoms with E-state index in [1.54, 1.807) is 6.92 Å². The third-order valence-corrected chi connectivity index (χ3v) is 4.68. The largest absolute Gasteiger partial charge is 0.378 e. The molecule has 2 aromatic rings. The van der Waals surface area contributed by atoms with Gasteiger partial charge in [0.2, 0.25) is 5.91 Å². The smallest absolute Gasteiger partial charge is 0.225 e. The van der Waals surface area contributed by atoms with Crippen molar-refractivity contribution in [3.05, 3.63) is 18.2 Å². The van der Waals surface area contributed by atoms with Crippen LogP contribution in [0.5, 0.6) is 0 Å². The second kappa shape index (κ2) is 7.20. The maximum Gasteiger partial charge on any atom is 0.225 e. The number of anilines is 2. The number of amides is 1. The van der Waals surface area contributed by atoms with E-state index in [1.165, 1.54) is 17.0 Å². The molecule has 1 aromatic carbocycles. The van der Waals surface area contributed by atoms with E-state index in [2.05, 4.69) is 32.7 Å². The Hall–Kier alpha value is -1.77. The summed E-state index contributed by atoms with van der Waals surface area (Å²) in [6, 6.07) is 6.22. The third kappa shape index (κ3) is 3.95. The molecule has 0 unspecified atom stereocenters. The first-order chi connectivity index (χ1) is 11.2. The Labute approximate surface area is 143 Å². The van der Waals surface area contributed by atoms with Crippen molar-refractivity contribution in [2.75, 3.05) is 36.5 Å². The number of hydrogen-bond donors (Lipinski definition) is 2. The first-order valence-corrected chi connectivity index (χ1v) is 8.72. The molecule has 0 spiro atoms. The molecule has 2 heterocycles. The number of carbonyl (C=O) groups is 1. The molecule has 2 N–H and O–H groups in total. The SMILES string of the molecule is CCC(=O)NC(=S)Nc1nc2ccc(N3CCOCC3)cc2s1. The fourth-order valence-corrected chi connectivity index (χ4v) is 3.51. The van der Waals surface area contributed by atoms with Crippen molar-refractivity contribution in [3.63, 3.8) is 0 Å². The van der Waals surface area contributed by atoms with E-state index in [-0.39, 0.29) is 11.0 Å². The van der Waals surface area contributed by atoms with Crippen LogP contribution in [0.4, 0.5) is 10.8 Å². The van der Waals surface area contributed by atoms with Gasteiger partial charge in [0.1, 0.15) is 0 Å². The lowest BCUT2D eigenvalue weighted by Gasteiger charge is -2.28. The Kier molecular flexibility index (Phi) is 5.04. The van der Waals surface area contributed by atoms with Gasteiger partial charge < -0.3 is 20.3 Å². The lowest BCUT2D eigenvalue weighted by Crippen LogP contribution is -2.36. The summed E-state index contributed by atoms with van der Waals surface area (Å²) in [5, 5.41) is 6.54. The molecular weight excluding hydrogens is 332 g/mol. The molecule has 3 rings (SSSR count). The molecule has 0 saturated carbocycles. The van der Waals surface area contributed by atoms with E-state index >= 15 is 0 Å².